The van der Waals surface area contributed by atoms with Crippen LogP contribution >= 0.6 is 0 Å². The van der Waals surface area contributed by atoms with Gasteiger partial charge in [0.05, 0.1) is 5.69 Å². The van der Waals surface area contributed by atoms with Gasteiger partial charge in [-0.1, -0.05) is 12.1 Å². The van der Waals surface area contributed by atoms with E-state index in [9.17, 15) is 13.2 Å². The van der Waals surface area contributed by atoms with Crippen LogP contribution < -0.4 is 0 Å². The minimum Gasteiger partial charge on any atom is -0.336 e. The van der Waals surface area contributed by atoms with Crippen molar-refractivity contribution >= 4 is 28.0 Å². The van der Waals surface area contributed by atoms with Crippen LogP contribution in [0.1, 0.15) is 33.1 Å². The van der Waals surface area contributed by atoms with Crippen molar-refractivity contribution in [3.8, 4) is 0 Å². The third kappa shape index (κ3) is 2.85. The second-order valence-electron chi connectivity index (χ2n) is 6.19. The zero-order valence-corrected chi connectivity index (χ0v) is 14.2. The molecular formula is C16H21N3O3S. The Labute approximate surface area is 136 Å². The van der Waals surface area contributed by atoms with E-state index in [4.69, 9.17) is 0 Å². The molecule has 0 aromatic heterocycles. The molecule has 2 atom stereocenters. The number of piperidine rings is 1. The first kappa shape index (κ1) is 16.0. The maximum Gasteiger partial charge on any atom is 0.267 e. The normalized spacial score (nSPS) is 26.0. The molecule has 3 rings (SSSR count). The van der Waals surface area contributed by atoms with Crippen LogP contribution in [0.3, 0.4) is 0 Å². The molecule has 6 nitrogen and oxygen atoms in total. The number of para-hydroxylation sites is 1. The molecule has 0 bridgehead atoms. The van der Waals surface area contributed by atoms with Crippen molar-refractivity contribution in [2.45, 2.75) is 50.1 Å². The van der Waals surface area contributed by atoms with Crippen molar-refractivity contribution in [3.05, 3.63) is 24.3 Å². The summed E-state index contributed by atoms with van der Waals surface area (Å²) in [5.41, 5.74) is 0.413. The number of hydrogen-bond acceptors (Lipinski definition) is 4. The van der Waals surface area contributed by atoms with Crippen LogP contribution in [0, 0.1) is 0 Å². The van der Waals surface area contributed by atoms with E-state index in [1.807, 2.05) is 18.7 Å². The summed E-state index contributed by atoms with van der Waals surface area (Å²) in [4.78, 5) is 18.8. The van der Waals surface area contributed by atoms with Gasteiger partial charge in [-0.25, -0.2) is 17.7 Å². The fourth-order valence-electron chi connectivity index (χ4n) is 3.35. The Bertz CT molecular complexity index is 735. The molecule has 7 heteroatoms. The molecule has 2 unspecified atom stereocenters. The van der Waals surface area contributed by atoms with E-state index >= 15 is 0 Å². The van der Waals surface area contributed by atoms with Crippen LogP contribution in [0.25, 0.3) is 0 Å². The van der Waals surface area contributed by atoms with Gasteiger partial charge in [-0.15, -0.1) is 0 Å². The van der Waals surface area contributed by atoms with Crippen LogP contribution in [-0.4, -0.2) is 48.5 Å². The largest absolute Gasteiger partial charge is 0.336 e. The lowest BCUT2D eigenvalue weighted by Crippen LogP contribution is -2.51. The molecule has 1 fully saturated rings. The minimum absolute atomic E-state index is 0.142. The molecule has 0 spiro atoms. The summed E-state index contributed by atoms with van der Waals surface area (Å²) < 4.78 is 26.3. The SMILES string of the molecule is CC1CCCC(C)N1C(=O)CN1C=Nc2ccccc2S1(=O)=O. The van der Waals surface area contributed by atoms with Crippen LogP contribution in [0.4, 0.5) is 5.69 Å². The number of carbonyl (C=O) groups excluding carboxylic acids is 1. The van der Waals surface area contributed by atoms with Gasteiger partial charge >= 0.3 is 0 Å². The Morgan fingerprint density at radius 3 is 2.57 bits per heavy atom. The van der Waals surface area contributed by atoms with Crippen LogP contribution in [0.15, 0.2) is 34.2 Å². The average Bonchev–Trinajstić information content (AvgIpc) is 2.50. The standard InChI is InChI=1S/C16H21N3O3S/c1-12-6-5-7-13(2)19(12)16(20)10-18-11-17-14-8-3-4-9-15(14)23(18,21)22/h3-4,8-9,11-13H,5-7,10H2,1-2H3. The third-order valence-corrected chi connectivity index (χ3v) is 6.29. The van der Waals surface area contributed by atoms with Gasteiger partial charge in [0.1, 0.15) is 17.8 Å². The molecule has 0 radical (unpaired) electrons. The number of fused-ring (bicyclic) bond motifs is 1. The summed E-state index contributed by atoms with van der Waals surface area (Å²) >= 11 is 0. The summed E-state index contributed by atoms with van der Waals surface area (Å²) in [5, 5.41) is 0. The number of hydrogen-bond donors (Lipinski definition) is 0. The van der Waals surface area contributed by atoms with Gasteiger partial charge in [-0.3, -0.25) is 4.79 Å². The molecule has 23 heavy (non-hydrogen) atoms. The Morgan fingerprint density at radius 2 is 1.87 bits per heavy atom. The van der Waals surface area contributed by atoms with E-state index in [-0.39, 0.29) is 29.4 Å². The first-order valence-corrected chi connectivity index (χ1v) is 9.31. The van der Waals surface area contributed by atoms with Crippen molar-refractivity contribution in [1.29, 1.82) is 0 Å². The van der Waals surface area contributed by atoms with Gasteiger partial charge in [0.15, 0.2) is 0 Å². The first-order chi connectivity index (χ1) is 10.9. The number of benzene rings is 1. The van der Waals surface area contributed by atoms with E-state index in [1.165, 1.54) is 12.4 Å². The lowest BCUT2D eigenvalue weighted by molar-refractivity contribution is -0.136. The van der Waals surface area contributed by atoms with Crippen molar-refractivity contribution in [2.24, 2.45) is 4.99 Å². The van der Waals surface area contributed by atoms with Crippen molar-refractivity contribution in [2.75, 3.05) is 6.54 Å². The van der Waals surface area contributed by atoms with Crippen LogP contribution in [-0.2, 0) is 14.8 Å². The Morgan fingerprint density at radius 1 is 1.22 bits per heavy atom. The molecule has 2 aliphatic rings. The highest BCUT2D eigenvalue weighted by Gasteiger charge is 2.34. The zero-order valence-electron chi connectivity index (χ0n) is 13.3. The van der Waals surface area contributed by atoms with Gasteiger partial charge in [0.2, 0.25) is 5.91 Å². The van der Waals surface area contributed by atoms with Crippen LogP contribution in [0.5, 0.6) is 0 Å². The number of sulfonamides is 1. The second-order valence-corrected chi connectivity index (χ2v) is 8.05. The van der Waals surface area contributed by atoms with Gasteiger partial charge in [-0.05, 0) is 45.2 Å². The van der Waals surface area contributed by atoms with E-state index in [0.717, 1.165) is 23.6 Å². The maximum absolute atomic E-state index is 12.6. The monoisotopic (exact) mass is 335 g/mol. The molecule has 124 valence electrons. The molecule has 1 aromatic carbocycles. The quantitative estimate of drug-likeness (QED) is 0.831. The fourth-order valence-corrected chi connectivity index (χ4v) is 4.69. The van der Waals surface area contributed by atoms with Gasteiger partial charge < -0.3 is 4.90 Å². The Balaban J connectivity index is 1.83. The molecular weight excluding hydrogens is 314 g/mol. The highest BCUT2D eigenvalue weighted by atomic mass is 32.2. The maximum atomic E-state index is 12.6. The summed E-state index contributed by atoms with van der Waals surface area (Å²) in [5.74, 6) is -0.167. The lowest BCUT2D eigenvalue weighted by Gasteiger charge is -2.40. The number of nitrogens with zero attached hydrogens (tertiary/aromatic N) is 3. The summed E-state index contributed by atoms with van der Waals surface area (Å²) in [7, 11) is -3.72. The topological polar surface area (TPSA) is 70.1 Å². The number of aliphatic imine (C=N–C) groups is 1. The number of carbonyl (C=O) groups is 1. The predicted octanol–water partition coefficient (Wildman–Crippen LogP) is 2.14. The van der Waals surface area contributed by atoms with E-state index in [0.29, 0.717) is 5.69 Å². The molecule has 2 aliphatic heterocycles. The van der Waals surface area contributed by atoms with Crippen molar-refractivity contribution < 1.29 is 13.2 Å². The molecule has 0 saturated carbocycles. The van der Waals surface area contributed by atoms with Gasteiger partial charge in [0, 0.05) is 12.1 Å². The first-order valence-electron chi connectivity index (χ1n) is 7.87. The van der Waals surface area contributed by atoms with E-state index < -0.39 is 10.0 Å². The summed E-state index contributed by atoms with van der Waals surface area (Å²) in [6.07, 6.45) is 4.26. The molecule has 1 saturated heterocycles. The van der Waals surface area contributed by atoms with Gasteiger partial charge in [0.25, 0.3) is 10.0 Å². The van der Waals surface area contributed by atoms with Crippen molar-refractivity contribution in [3.63, 3.8) is 0 Å². The number of amides is 1. The molecule has 0 aliphatic carbocycles. The molecule has 1 amide bonds. The Hall–Kier alpha value is -1.89. The van der Waals surface area contributed by atoms with E-state index in [2.05, 4.69) is 4.99 Å². The van der Waals surface area contributed by atoms with E-state index in [1.54, 1.807) is 18.2 Å². The highest BCUT2D eigenvalue weighted by molar-refractivity contribution is 7.89. The second kappa shape index (κ2) is 5.96. The summed E-state index contributed by atoms with van der Waals surface area (Å²) in [6, 6.07) is 6.85. The predicted molar refractivity (Wildman–Crippen MR) is 88.1 cm³/mol. The lowest BCUT2D eigenvalue weighted by atomic mass is 9.97. The molecule has 1 aromatic rings. The molecule has 2 heterocycles. The average molecular weight is 335 g/mol. The Kier molecular flexibility index (Phi) is 4.14. The summed E-state index contributed by atoms with van der Waals surface area (Å²) in [6.45, 7) is 3.83. The third-order valence-electron chi connectivity index (χ3n) is 4.55. The fraction of sp³-hybridized carbons (Fsp3) is 0.500. The number of likely N-dealkylation sites (tertiary alicyclic amines) is 1. The minimum atomic E-state index is -3.72. The highest BCUT2D eigenvalue weighted by Crippen LogP contribution is 2.30. The smallest absolute Gasteiger partial charge is 0.267 e. The van der Waals surface area contributed by atoms with Gasteiger partial charge in [-0.2, -0.15) is 0 Å². The molecule has 0 N–H and O–H groups in total. The van der Waals surface area contributed by atoms with Crippen molar-refractivity contribution in [1.82, 2.24) is 9.21 Å². The number of rotatable bonds is 2. The van der Waals surface area contributed by atoms with Crippen LogP contribution in [0.2, 0.25) is 0 Å². The zero-order chi connectivity index (χ0) is 16.6.